The van der Waals surface area contributed by atoms with E-state index in [4.69, 9.17) is 11.6 Å². The van der Waals surface area contributed by atoms with Gasteiger partial charge in [0.1, 0.15) is 18.4 Å². The van der Waals surface area contributed by atoms with Crippen molar-refractivity contribution in [2.24, 2.45) is 0 Å². The third-order valence-corrected chi connectivity index (χ3v) is 7.59. The van der Waals surface area contributed by atoms with E-state index >= 15 is 0 Å². The summed E-state index contributed by atoms with van der Waals surface area (Å²) in [4.78, 5) is 27.1. The molecular formula is C25H25ClFN3O4S. The molecule has 3 rings (SSSR count). The number of nitrogens with one attached hydrogen (secondary N) is 1. The minimum Gasteiger partial charge on any atom is -0.357 e. The smallest absolute Gasteiger partial charge is 0.264 e. The highest BCUT2D eigenvalue weighted by Crippen LogP contribution is 2.25. The number of rotatable bonds is 9. The molecule has 0 aliphatic carbocycles. The highest BCUT2D eigenvalue weighted by Gasteiger charge is 2.32. The van der Waals surface area contributed by atoms with Crippen molar-refractivity contribution in [2.75, 3.05) is 17.9 Å². The summed E-state index contributed by atoms with van der Waals surface area (Å²) in [6.07, 6.45) is 0. The second kappa shape index (κ2) is 11.3. The van der Waals surface area contributed by atoms with Crippen LogP contribution in [0.2, 0.25) is 5.02 Å². The number of para-hydroxylation sites is 1. The zero-order valence-electron chi connectivity index (χ0n) is 19.2. The standard InChI is InChI=1S/C25H25ClFN3O4S/c1-18(25(32)28-2)29(16-19-8-6-7-11-23(19)26)24(31)17-30(21-9-4-3-5-10-21)35(33,34)22-14-12-20(27)13-15-22/h3-15,18H,16-17H2,1-2H3,(H,28,32). The second-order valence-corrected chi connectivity index (χ2v) is 9.97. The van der Waals surface area contributed by atoms with E-state index in [1.165, 1.54) is 11.9 Å². The Bertz CT molecular complexity index is 1290. The van der Waals surface area contributed by atoms with Crippen LogP contribution in [-0.4, -0.2) is 44.8 Å². The van der Waals surface area contributed by atoms with Crippen LogP contribution in [0.3, 0.4) is 0 Å². The molecule has 35 heavy (non-hydrogen) atoms. The van der Waals surface area contributed by atoms with Gasteiger partial charge in [-0.3, -0.25) is 13.9 Å². The lowest BCUT2D eigenvalue weighted by Crippen LogP contribution is -2.50. The van der Waals surface area contributed by atoms with Crippen LogP contribution in [0.5, 0.6) is 0 Å². The van der Waals surface area contributed by atoms with Crippen molar-refractivity contribution < 1.29 is 22.4 Å². The van der Waals surface area contributed by atoms with Gasteiger partial charge in [-0.25, -0.2) is 12.8 Å². The van der Waals surface area contributed by atoms with Crippen LogP contribution >= 0.6 is 11.6 Å². The van der Waals surface area contributed by atoms with Gasteiger partial charge in [-0.2, -0.15) is 0 Å². The summed E-state index contributed by atoms with van der Waals surface area (Å²) < 4.78 is 41.4. The molecule has 0 aliphatic heterocycles. The van der Waals surface area contributed by atoms with Crippen molar-refractivity contribution in [1.29, 1.82) is 0 Å². The topological polar surface area (TPSA) is 86.8 Å². The van der Waals surface area contributed by atoms with Crippen molar-refractivity contribution in [2.45, 2.75) is 24.4 Å². The van der Waals surface area contributed by atoms with Crippen LogP contribution in [-0.2, 0) is 26.2 Å². The summed E-state index contributed by atoms with van der Waals surface area (Å²) in [5.74, 6) is -1.62. The summed E-state index contributed by atoms with van der Waals surface area (Å²) in [7, 11) is -2.79. The molecule has 0 aliphatic rings. The molecule has 0 spiro atoms. The Labute approximate surface area is 209 Å². The number of nitrogens with zero attached hydrogens (tertiary/aromatic N) is 2. The predicted molar refractivity (Wildman–Crippen MR) is 133 cm³/mol. The minimum absolute atomic E-state index is 0.00762. The summed E-state index contributed by atoms with van der Waals surface area (Å²) in [6, 6.07) is 18.4. The zero-order valence-corrected chi connectivity index (χ0v) is 20.8. The number of carbonyl (C=O) groups is 2. The average molecular weight is 518 g/mol. The maximum atomic E-state index is 13.6. The Hall–Kier alpha value is -3.43. The first-order valence-electron chi connectivity index (χ1n) is 10.7. The fourth-order valence-corrected chi connectivity index (χ4v) is 5.07. The van der Waals surface area contributed by atoms with Crippen LogP contribution in [0, 0.1) is 5.82 Å². The lowest BCUT2D eigenvalue weighted by molar-refractivity contribution is -0.139. The third-order valence-electron chi connectivity index (χ3n) is 5.44. The molecule has 3 aromatic rings. The summed E-state index contributed by atoms with van der Waals surface area (Å²) in [5, 5.41) is 2.92. The number of hydrogen-bond acceptors (Lipinski definition) is 4. The minimum atomic E-state index is -4.24. The van der Waals surface area contributed by atoms with Crippen LogP contribution in [0.4, 0.5) is 10.1 Å². The molecule has 0 fully saturated rings. The fraction of sp³-hybridized carbons (Fsp3) is 0.200. The Morgan fingerprint density at radius 3 is 2.17 bits per heavy atom. The number of hydrogen-bond donors (Lipinski definition) is 1. The molecule has 10 heteroatoms. The van der Waals surface area contributed by atoms with Crippen molar-refractivity contribution in [3.05, 3.63) is 95.3 Å². The molecule has 1 N–H and O–H groups in total. The van der Waals surface area contributed by atoms with E-state index in [0.717, 1.165) is 28.6 Å². The molecule has 184 valence electrons. The Balaban J connectivity index is 2.01. The van der Waals surface area contributed by atoms with E-state index in [-0.39, 0.29) is 17.1 Å². The van der Waals surface area contributed by atoms with Crippen molar-refractivity contribution in [3.8, 4) is 0 Å². The summed E-state index contributed by atoms with van der Waals surface area (Å²) in [5.41, 5.74) is 0.849. The van der Waals surface area contributed by atoms with Crippen LogP contribution in [0.25, 0.3) is 0 Å². The van der Waals surface area contributed by atoms with E-state index in [9.17, 15) is 22.4 Å². The molecular weight excluding hydrogens is 493 g/mol. The van der Waals surface area contributed by atoms with Crippen molar-refractivity contribution in [1.82, 2.24) is 10.2 Å². The highest BCUT2D eigenvalue weighted by atomic mass is 35.5. The van der Waals surface area contributed by atoms with Gasteiger partial charge in [-0.05, 0) is 55.0 Å². The van der Waals surface area contributed by atoms with Gasteiger partial charge in [0, 0.05) is 18.6 Å². The first kappa shape index (κ1) is 26.2. The molecule has 0 heterocycles. The number of benzene rings is 3. The van der Waals surface area contributed by atoms with Gasteiger partial charge >= 0.3 is 0 Å². The number of amides is 2. The number of halogens is 2. The van der Waals surface area contributed by atoms with Gasteiger partial charge in [0.05, 0.1) is 10.6 Å². The largest absolute Gasteiger partial charge is 0.357 e. The molecule has 1 atom stereocenters. The number of sulfonamides is 1. The number of anilines is 1. The van der Waals surface area contributed by atoms with E-state index in [2.05, 4.69) is 5.32 Å². The Kier molecular flexibility index (Phi) is 8.48. The van der Waals surface area contributed by atoms with E-state index < -0.39 is 40.2 Å². The molecule has 0 radical (unpaired) electrons. The zero-order chi connectivity index (χ0) is 25.6. The molecule has 0 saturated carbocycles. The van der Waals surface area contributed by atoms with Crippen LogP contribution in [0.1, 0.15) is 12.5 Å². The monoisotopic (exact) mass is 517 g/mol. The molecule has 0 saturated heterocycles. The first-order valence-corrected chi connectivity index (χ1v) is 12.5. The van der Waals surface area contributed by atoms with Gasteiger partial charge < -0.3 is 10.2 Å². The molecule has 0 aromatic heterocycles. The molecule has 1 unspecified atom stereocenters. The maximum Gasteiger partial charge on any atom is 0.264 e. The second-order valence-electron chi connectivity index (χ2n) is 7.70. The Morgan fingerprint density at radius 2 is 1.57 bits per heavy atom. The van der Waals surface area contributed by atoms with Crippen molar-refractivity contribution >= 4 is 39.1 Å². The number of likely N-dealkylation sites (N-methyl/N-ethyl adjacent to an activating group) is 1. The van der Waals surface area contributed by atoms with Gasteiger partial charge in [0.15, 0.2) is 0 Å². The highest BCUT2D eigenvalue weighted by molar-refractivity contribution is 7.92. The lowest BCUT2D eigenvalue weighted by atomic mass is 10.1. The van der Waals surface area contributed by atoms with Gasteiger partial charge in [-0.15, -0.1) is 0 Å². The molecule has 2 amide bonds. The quantitative estimate of drug-likeness (QED) is 0.467. The van der Waals surface area contributed by atoms with E-state index in [1.54, 1.807) is 61.5 Å². The summed E-state index contributed by atoms with van der Waals surface area (Å²) >= 11 is 6.28. The Morgan fingerprint density at radius 1 is 0.971 bits per heavy atom. The lowest BCUT2D eigenvalue weighted by Gasteiger charge is -2.32. The molecule has 0 bridgehead atoms. The third kappa shape index (κ3) is 6.17. The van der Waals surface area contributed by atoms with Gasteiger partial charge in [0.25, 0.3) is 10.0 Å². The normalized spacial score (nSPS) is 12.0. The summed E-state index contributed by atoms with van der Waals surface area (Å²) in [6.45, 7) is 0.955. The van der Waals surface area contributed by atoms with Crippen LogP contribution < -0.4 is 9.62 Å². The fourth-order valence-electron chi connectivity index (χ4n) is 3.46. The van der Waals surface area contributed by atoms with Gasteiger partial charge in [-0.1, -0.05) is 48.0 Å². The molecule has 3 aromatic carbocycles. The van der Waals surface area contributed by atoms with Gasteiger partial charge in [0.2, 0.25) is 11.8 Å². The number of carbonyl (C=O) groups excluding carboxylic acids is 2. The first-order chi connectivity index (χ1) is 16.6. The maximum absolute atomic E-state index is 13.6. The molecule has 7 nitrogen and oxygen atoms in total. The average Bonchev–Trinajstić information content (AvgIpc) is 2.86. The predicted octanol–water partition coefficient (Wildman–Crippen LogP) is 3.84. The SMILES string of the molecule is CNC(=O)C(C)N(Cc1ccccc1Cl)C(=O)CN(c1ccccc1)S(=O)(=O)c1ccc(F)cc1. The van der Waals surface area contributed by atoms with Crippen LogP contribution in [0.15, 0.2) is 83.8 Å². The van der Waals surface area contributed by atoms with Crippen molar-refractivity contribution in [3.63, 3.8) is 0 Å². The van der Waals surface area contributed by atoms with E-state index in [1.807, 2.05) is 0 Å². The van der Waals surface area contributed by atoms with E-state index in [0.29, 0.717) is 10.6 Å².